The molecule has 0 aromatic carbocycles. The first kappa shape index (κ1) is 15.2. The molecule has 18 heavy (non-hydrogen) atoms. The molecule has 0 aliphatic carbocycles. The molecule has 0 saturated carbocycles. The Morgan fingerprint density at radius 1 is 1.50 bits per heavy atom. The summed E-state index contributed by atoms with van der Waals surface area (Å²) < 4.78 is 24.8. The van der Waals surface area contributed by atoms with Gasteiger partial charge < -0.3 is 11.1 Å². The average molecular weight is 276 g/mol. The Labute approximate surface area is 110 Å². The predicted molar refractivity (Wildman–Crippen MR) is 73.9 cm³/mol. The van der Waals surface area contributed by atoms with Crippen molar-refractivity contribution in [3.63, 3.8) is 0 Å². The van der Waals surface area contributed by atoms with Crippen LogP contribution in [0.1, 0.15) is 33.1 Å². The van der Waals surface area contributed by atoms with E-state index < -0.39 is 10.0 Å². The van der Waals surface area contributed by atoms with Gasteiger partial charge in [-0.3, -0.25) is 4.99 Å². The van der Waals surface area contributed by atoms with Gasteiger partial charge in [0.05, 0.1) is 12.8 Å². The van der Waals surface area contributed by atoms with Gasteiger partial charge in [0.25, 0.3) is 0 Å². The highest BCUT2D eigenvalue weighted by Gasteiger charge is 2.28. The lowest BCUT2D eigenvalue weighted by molar-refractivity contribution is 0.259. The first-order chi connectivity index (χ1) is 8.30. The van der Waals surface area contributed by atoms with E-state index in [0.717, 1.165) is 19.3 Å². The van der Waals surface area contributed by atoms with E-state index in [1.165, 1.54) is 6.26 Å². The predicted octanol–water partition coefficient (Wildman–Crippen LogP) is 0.113. The number of sulfonamides is 1. The third-order valence-electron chi connectivity index (χ3n) is 2.91. The molecule has 1 aliphatic heterocycles. The Bertz CT molecular complexity index is 392. The van der Waals surface area contributed by atoms with E-state index in [2.05, 4.69) is 10.3 Å². The number of nitrogens with one attached hydrogen (secondary N) is 1. The summed E-state index contributed by atoms with van der Waals surface area (Å²) in [4.78, 5) is 4.23. The van der Waals surface area contributed by atoms with Crippen molar-refractivity contribution in [1.82, 2.24) is 9.62 Å². The van der Waals surface area contributed by atoms with Gasteiger partial charge in [0.2, 0.25) is 10.0 Å². The van der Waals surface area contributed by atoms with Gasteiger partial charge in [0.15, 0.2) is 5.96 Å². The van der Waals surface area contributed by atoms with Crippen LogP contribution >= 0.6 is 0 Å². The fourth-order valence-electron chi connectivity index (χ4n) is 2.14. The van der Waals surface area contributed by atoms with Crippen molar-refractivity contribution >= 4 is 16.0 Å². The maximum absolute atomic E-state index is 11.6. The highest BCUT2D eigenvalue weighted by Crippen LogP contribution is 2.19. The van der Waals surface area contributed by atoms with Crippen molar-refractivity contribution < 1.29 is 8.42 Å². The van der Waals surface area contributed by atoms with Gasteiger partial charge in [-0.05, 0) is 26.7 Å². The maximum Gasteiger partial charge on any atom is 0.211 e. The molecule has 6 nitrogen and oxygen atoms in total. The van der Waals surface area contributed by atoms with E-state index in [4.69, 9.17) is 5.73 Å². The Hall–Kier alpha value is -0.820. The van der Waals surface area contributed by atoms with Crippen LogP contribution in [0.5, 0.6) is 0 Å². The van der Waals surface area contributed by atoms with Gasteiger partial charge >= 0.3 is 0 Å². The third-order valence-corrected chi connectivity index (χ3v) is 4.24. The number of nitrogens with two attached hydrogens (primary N) is 1. The SMILES string of the molecule is CC(C)NC(N)=NCC1CCCCN1S(C)(=O)=O. The summed E-state index contributed by atoms with van der Waals surface area (Å²) in [6, 6.07) is 0.173. The van der Waals surface area contributed by atoms with Crippen LogP contribution in [-0.4, -0.2) is 50.1 Å². The van der Waals surface area contributed by atoms with Crippen molar-refractivity contribution in [3.8, 4) is 0 Å². The van der Waals surface area contributed by atoms with E-state index in [1.54, 1.807) is 4.31 Å². The zero-order chi connectivity index (χ0) is 13.8. The molecular weight excluding hydrogens is 252 g/mol. The maximum atomic E-state index is 11.6. The zero-order valence-electron chi connectivity index (χ0n) is 11.4. The zero-order valence-corrected chi connectivity index (χ0v) is 12.2. The third kappa shape index (κ3) is 4.81. The van der Waals surface area contributed by atoms with Crippen LogP contribution in [0, 0.1) is 0 Å². The molecule has 1 atom stereocenters. The summed E-state index contributed by atoms with van der Waals surface area (Å²) in [6.07, 6.45) is 4.08. The molecule has 106 valence electrons. The smallest absolute Gasteiger partial charge is 0.211 e. The summed E-state index contributed by atoms with van der Waals surface area (Å²) >= 11 is 0. The second-order valence-electron chi connectivity index (χ2n) is 5.05. The summed E-state index contributed by atoms with van der Waals surface area (Å²) in [5, 5.41) is 3.00. The second kappa shape index (κ2) is 6.38. The quantitative estimate of drug-likeness (QED) is 0.563. The van der Waals surface area contributed by atoms with Crippen LogP contribution in [0.2, 0.25) is 0 Å². The molecule has 1 heterocycles. The Morgan fingerprint density at radius 3 is 2.72 bits per heavy atom. The number of guanidine groups is 1. The van der Waals surface area contributed by atoms with E-state index in [9.17, 15) is 8.42 Å². The number of aliphatic imine (C=N–C) groups is 1. The monoisotopic (exact) mass is 276 g/mol. The summed E-state index contributed by atoms with van der Waals surface area (Å²) in [6.45, 7) is 4.98. The topological polar surface area (TPSA) is 87.8 Å². The molecule has 1 aliphatic rings. The normalized spacial score (nSPS) is 23.3. The molecule has 0 amide bonds. The molecule has 1 unspecified atom stereocenters. The van der Waals surface area contributed by atoms with Crippen molar-refractivity contribution in [2.24, 2.45) is 10.7 Å². The van der Waals surface area contributed by atoms with Crippen LogP contribution < -0.4 is 11.1 Å². The standard InChI is InChI=1S/C11H24N4O2S/c1-9(2)14-11(12)13-8-10-6-4-5-7-15(10)18(3,16)17/h9-10H,4-8H2,1-3H3,(H3,12,13,14). The van der Waals surface area contributed by atoms with Gasteiger partial charge in [0.1, 0.15) is 0 Å². The van der Waals surface area contributed by atoms with Crippen molar-refractivity contribution in [3.05, 3.63) is 0 Å². The van der Waals surface area contributed by atoms with Gasteiger partial charge in [-0.2, -0.15) is 4.31 Å². The van der Waals surface area contributed by atoms with Crippen LogP contribution in [0.4, 0.5) is 0 Å². The minimum atomic E-state index is -3.14. The average Bonchev–Trinajstić information content (AvgIpc) is 2.24. The van der Waals surface area contributed by atoms with Gasteiger partial charge in [0, 0.05) is 18.6 Å². The molecular formula is C11H24N4O2S. The highest BCUT2D eigenvalue weighted by molar-refractivity contribution is 7.88. The first-order valence-electron chi connectivity index (χ1n) is 6.34. The molecule has 1 rings (SSSR count). The minimum Gasteiger partial charge on any atom is -0.370 e. The van der Waals surface area contributed by atoms with Crippen LogP contribution in [0.15, 0.2) is 4.99 Å². The Kier molecular flexibility index (Phi) is 5.40. The number of rotatable bonds is 4. The molecule has 7 heteroatoms. The van der Waals surface area contributed by atoms with Crippen molar-refractivity contribution in [1.29, 1.82) is 0 Å². The van der Waals surface area contributed by atoms with Gasteiger partial charge in [-0.25, -0.2) is 8.42 Å². The first-order valence-corrected chi connectivity index (χ1v) is 8.19. The second-order valence-corrected chi connectivity index (χ2v) is 6.98. The summed E-state index contributed by atoms with van der Waals surface area (Å²) in [5.74, 6) is 0.379. The van der Waals surface area contributed by atoms with Crippen LogP contribution in [0.25, 0.3) is 0 Å². The molecule has 0 bridgehead atoms. The van der Waals surface area contributed by atoms with Gasteiger partial charge in [-0.15, -0.1) is 0 Å². The van der Waals surface area contributed by atoms with Crippen molar-refractivity contribution in [2.45, 2.75) is 45.2 Å². The van der Waals surface area contributed by atoms with E-state index in [-0.39, 0.29) is 12.1 Å². The number of nitrogens with zero attached hydrogens (tertiary/aromatic N) is 2. The number of piperidine rings is 1. The molecule has 3 N–H and O–H groups in total. The molecule has 0 aromatic rings. The fourth-order valence-corrected chi connectivity index (χ4v) is 3.31. The molecule has 1 fully saturated rings. The largest absolute Gasteiger partial charge is 0.370 e. The summed E-state index contributed by atoms with van der Waals surface area (Å²) in [7, 11) is -3.14. The molecule has 0 spiro atoms. The Morgan fingerprint density at radius 2 is 2.17 bits per heavy atom. The lowest BCUT2D eigenvalue weighted by atomic mass is 10.1. The van der Waals surface area contributed by atoms with E-state index >= 15 is 0 Å². The fraction of sp³-hybridized carbons (Fsp3) is 0.909. The van der Waals surface area contributed by atoms with E-state index in [0.29, 0.717) is 19.0 Å². The Balaban J connectivity index is 2.63. The lowest BCUT2D eigenvalue weighted by Gasteiger charge is -2.32. The highest BCUT2D eigenvalue weighted by atomic mass is 32.2. The number of hydrogen-bond donors (Lipinski definition) is 2. The van der Waals surface area contributed by atoms with E-state index in [1.807, 2.05) is 13.8 Å². The van der Waals surface area contributed by atoms with Crippen molar-refractivity contribution in [2.75, 3.05) is 19.3 Å². The molecule has 1 saturated heterocycles. The lowest BCUT2D eigenvalue weighted by Crippen LogP contribution is -2.45. The van der Waals surface area contributed by atoms with Crippen LogP contribution in [-0.2, 0) is 10.0 Å². The summed E-state index contributed by atoms with van der Waals surface area (Å²) in [5.41, 5.74) is 5.72. The number of hydrogen-bond acceptors (Lipinski definition) is 3. The molecule has 0 radical (unpaired) electrons. The van der Waals surface area contributed by atoms with Gasteiger partial charge in [-0.1, -0.05) is 6.42 Å². The molecule has 0 aromatic heterocycles. The minimum absolute atomic E-state index is 0.0544. The van der Waals surface area contributed by atoms with Crippen LogP contribution in [0.3, 0.4) is 0 Å².